The summed E-state index contributed by atoms with van der Waals surface area (Å²) in [4.78, 5) is -0.0757. The molecule has 2 aromatic carbocycles. The van der Waals surface area contributed by atoms with Crippen LogP contribution in [-0.4, -0.2) is 40.8 Å². The first-order valence-electron chi connectivity index (χ1n) is 8.71. The zero-order chi connectivity index (χ0) is 20.9. The fourth-order valence-corrected chi connectivity index (χ4v) is 5.37. The van der Waals surface area contributed by atoms with Crippen LogP contribution in [0.25, 0.3) is 0 Å². The molecule has 0 unspecified atom stereocenters. The maximum absolute atomic E-state index is 13.0. The molecule has 0 atom stereocenters. The second kappa shape index (κ2) is 9.13. The molecule has 0 aliphatic rings. The van der Waals surface area contributed by atoms with E-state index in [1.54, 1.807) is 20.8 Å². The number of nitrogens with zero attached hydrogens (tertiary/aromatic N) is 1. The third-order valence-corrected chi connectivity index (χ3v) is 7.66. The van der Waals surface area contributed by atoms with Gasteiger partial charge < -0.3 is 4.74 Å². The summed E-state index contributed by atoms with van der Waals surface area (Å²) < 4.78 is 60.2. The number of nitrogens with one attached hydrogen (secondary N) is 1. The standard InChI is InChI=1S/C18H23ClN2O5S2/c1-4-21(5-2)28(24,25)18-13-15(9-12-17(18)26-6-3)20-27(22,23)16-10-7-14(19)8-11-16/h7-13,20H,4-6H2,1-3H3. The molecular weight excluding hydrogens is 424 g/mol. The Morgan fingerprint density at radius 2 is 1.57 bits per heavy atom. The maximum Gasteiger partial charge on any atom is 0.261 e. The predicted molar refractivity (Wildman–Crippen MR) is 110 cm³/mol. The molecule has 0 saturated carbocycles. The molecule has 0 fully saturated rings. The van der Waals surface area contributed by atoms with Gasteiger partial charge in [-0.1, -0.05) is 25.4 Å². The molecule has 10 heteroatoms. The number of hydrogen-bond acceptors (Lipinski definition) is 5. The van der Waals surface area contributed by atoms with Crippen molar-refractivity contribution in [2.75, 3.05) is 24.4 Å². The quantitative estimate of drug-likeness (QED) is 0.635. The van der Waals surface area contributed by atoms with Crippen molar-refractivity contribution < 1.29 is 21.6 Å². The van der Waals surface area contributed by atoms with Gasteiger partial charge in [0.2, 0.25) is 10.0 Å². The van der Waals surface area contributed by atoms with Gasteiger partial charge in [0.15, 0.2) is 0 Å². The van der Waals surface area contributed by atoms with E-state index in [4.69, 9.17) is 16.3 Å². The molecular formula is C18H23ClN2O5S2. The summed E-state index contributed by atoms with van der Waals surface area (Å²) in [6, 6.07) is 9.83. The fourth-order valence-electron chi connectivity index (χ4n) is 2.58. The second-order valence-electron chi connectivity index (χ2n) is 5.74. The molecule has 0 saturated heterocycles. The van der Waals surface area contributed by atoms with Gasteiger partial charge >= 0.3 is 0 Å². The van der Waals surface area contributed by atoms with Gasteiger partial charge in [0.25, 0.3) is 10.0 Å². The monoisotopic (exact) mass is 446 g/mol. The summed E-state index contributed by atoms with van der Waals surface area (Å²) in [6.45, 7) is 6.04. The third kappa shape index (κ3) is 4.96. The van der Waals surface area contributed by atoms with Gasteiger partial charge in [0, 0.05) is 18.1 Å². The summed E-state index contributed by atoms with van der Waals surface area (Å²) in [7, 11) is -7.75. The Morgan fingerprint density at radius 3 is 2.11 bits per heavy atom. The lowest BCUT2D eigenvalue weighted by Crippen LogP contribution is -2.31. The molecule has 1 N–H and O–H groups in total. The molecule has 0 aliphatic heterocycles. The molecule has 2 aromatic rings. The first-order valence-corrected chi connectivity index (χ1v) is 12.0. The SMILES string of the molecule is CCOc1ccc(NS(=O)(=O)c2ccc(Cl)cc2)cc1S(=O)(=O)N(CC)CC. The van der Waals surface area contributed by atoms with Crippen molar-refractivity contribution in [1.29, 1.82) is 0 Å². The van der Waals surface area contributed by atoms with E-state index < -0.39 is 20.0 Å². The summed E-state index contributed by atoms with van der Waals surface area (Å²) in [5, 5.41) is 0.410. The van der Waals surface area contributed by atoms with Gasteiger partial charge in [-0.05, 0) is 49.4 Å². The van der Waals surface area contributed by atoms with Gasteiger partial charge in [-0.15, -0.1) is 0 Å². The van der Waals surface area contributed by atoms with E-state index in [0.717, 1.165) is 0 Å². The molecule has 0 radical (unpaired) electrons. The third-order valence-electron chi connectivity index (χ3n) is 3.94. The topological polar surface area (TPSA) is 92.8 Å². The lowest BCUT2D eigenvalue weighted by Gasteiger charge is -2.21. The second-order valence-corrected chi connectivity index (χ2v) is 9.77. The van der Waals surface area contributed by atoms with Crippen LogP contribution in [0.3, 0.4) is 0 Å². The largest absolute Gasteiger partial charge is 0.492 e. The van der Waals surface area contributed by atoms with Crippen molar-refractivity contribution >= 4 is 37.3 Å². The summed E-state index contributed by atoms with van der Waals surface area (Å²) in [6.07, 6.45) is 0. The number of rotatable bonds is 9. The van der Waals surface area contributed by atoms with E-state index in [1.807, 2.05) is 0 Å². The highest BCUT2D eigenvalue weighted by molar-refractivity contribution is 7.92. The highest BCUT2D eigenvalue weighted by Crippen LogP contribution is 2.31. The number of benzene rings is 2. The van der Waals surface area contributed by atoms with Gasteiger partial charge in [0.05, 0.1) is 17.2 Å². The van der Waals surface area contributed by atoms with Gasteiger partial charge in [-0.25, -0.2) is 16.8 Å². The molecule has 0 amide bonds. The van der Waals surface area contributed by atoms with E-state index >= 15 is 0 Å². The molecule has 0 bridgehead atoms. The lowest BCUT2D eigenvalue weighted by atomic mass is 10.3. The molecule has 28 heavy (non-hydrogen) atoms. The van der Waals surface area contributed by atoms with Crippen LogP contribution < -0.4 is 9.46 Å². The minimum absolute atomic E-state index is 0.0129. The van der Waals surface area contributed by atoms with E-state index in [2.05, 4.69) is 4.72 Å². The van der Waals surface area contributed by atoms with E-state index in [9.17, 15) is 16.8 Å². The summed E-state index contributed by atoms with van der Waals surface area (Å²) in [5.74, 6) is 0.170. The van der Waals surface area contributed by atoms with Crippen LogP contribution in [0.1, 0.15) is 20.8 Å². The van der Waals surface area contributed by atoms with E-state index in [-0.39, 0.29) is 40.9 Å². The first-order chi connectivity index (χ1) is 13.2. The number of anilines is 1. The normalized spacial score (nSPS) is 12.2. The van der Waals surface area contributed by atoms with Crippen molar-refractivity contribution in [3.05, 3.63) is 47.5 Å². The Balaban J connectivity index is 2.48. The Morgan fingerprint density at radius 1 is 0.964 bits per heavy atom. The molecule has 7 nitrogen and oxygen atoms in total. The Bertz CT molecular complexity index is 1020. The van der Waals surface area contributed by atoms with Gasteiger partial charge in [0.1, 0.15) is 10.6 Å². The maximum atomic E-state index is 13.0. The average Bonchev–Trinajstić information content (AvgIpc) is 2.64. The minimum Gasteiger partial charge on any atom is -0.492 e. The molecule has 2 rings (SSSR count). The minimum atomic E-state index is -3.91. The highest BCUT2D eigenvalue weighted by Gasteiger charge is 2.27. The van der Waals surface area contributed by atoms with Crippen molar-refractivity contribution in [1.82, 2.24) is 4.31 Å². The van der Waals surface area contributed by atoms with Crippen molar-refractivity contribution in [2.24, 2.45) is 0 Å². The van der Waals surface area contributed by atoms with Crippen molar-refractivity contribution in [2.45, 2.75) is 30.6 Å². The zero-order valence-electron chi connectivity index (χ0n) is 15.8. The Labute approximate surface area is 171 Å². The predicted octanol–water partition coefficient (Wildman–Crippen LogP) is 3.57. The molecule has 0 spiro atoms. The fraction of sp³-hybridized carbons (Fsp3) is 0.333. The van der Waals surface area contributed by atoms with Crippen LogP contribution in [0.5, 0.6) is 5.75 Å². The van der Waals surface area contributed by atoms with Crippen LogP contribution in [0.15, 0.2) is 52.3 Å². The Kier molecular flexibility index (Phi) is 7.33. The van der Waals surface area contributed by atoms with E-state index in [1.165, 1.54) is 46.8 Å². The van der Waals surface area contributed by atoms with Crippen molar-refractivity contribution in [3.63, 3.8) is 0 Å². The summed E-state index contributed by atoms with van der Waals surface area (Å²) >= 11 is 5.80. The van der Waals surface area contributed by atoms with Crippen LogP contribution in [0.2, 0.25) is 5.02 Å². The molecule has 154 valence electrons. The van der Waals surface area contributed by atoms with Crippen molar-refractivity contribution in [3.8, 4) is 5.75 Å². The number of sulfonamides is 2. The number of hydrogen-bond donors (Lipinski definition) is 1. The van der Waals surface area contributed by atoms with Crippen LogP contribution in [-0.2, 0) is 20.0 Å². The Hall–Kier alpha value is -1.81. The average molecular weight is 447 g/mol. The van der Waals surface area contributed by atoms with Gasteiger partial charge in [-0.2, -0.15) is 4.31 Å². The smallest absolute Gasteiger partial charge is 0.261 e. The first kappa shape index (κ1) is 22.5. The summed E-state index contributed by atoms with van der Waals surface area (Å²) in [5.41, 5.74) is 0.115. The van der Waals surface area contributed by atoms with Crippen LogP contribution >= 0.6 is 11.6 Å². The highest BCUT2D eigenvalue weighted by atomic mass is 35.5. The molecule has 0 aromatic heterocycles. The molecule has 0 aliphatic carbocycles. The zero-order valence-corrected chi connectivity index (χ0v) is 18.2. The van der Waals surface area contributed by atoms with Crippen LogP contribution in [0.4, 0.5) is 5.69 Å². The van der Waals surface area contributed by atoms with Gasteiger partial charge in [-0.3, -0.25) is 4.72 Å². The number of halogens is 1. The molecule has 0 heterocycles. The van der Waals surface area contributed by atoms with Crippen LogP contribution in [0, 0.1) is 0 Å². The lowest BCUT2D eigenvalue weighted by molar-refractivity contribution is 0.329. The number of ether oxygens (including phenoxy) is 1. The van der Waals surface area contributed by atoms with E-state index in [0.29, 0.717) is 5.02 Å².